The Hall–Kier alpha value is -2.30. The lowest BCUT2D eigenvalue weighted by molar-refractivity contribution is -0.123. The van der Waals surface area contributed by atoms with E-state index >= 15 is 0 Å². The predicted octanol–water partition coefficient (Wildman–Crippen LogP) is 2.43. The van der Waals surface area contributed by atoms with Gasteiger partial charge in [-0.25, -0.2) is 4.79 Å². The van der Waals surface area contributed by atoms with Crippen molar-refractivity contribution in [2.24, 2.45) is 0 Å². The fourth-order valence-corrected chi connectivity index (χ4v) is 2.23. The first kappa shape index (κ1) is 14.1. The number of carbonyl (C=O) groups is 2. The average molecular weight is 274 g/mol. The molecule has 0 bridgehead atoms. The van der Waals surface area contributed by atoms with E-state index in [0.717, 1.165) is 11.9 Å². The molecule has 2 N–H and O–H groups in total. The topological polar surface area (TPSA) is 71.3 Å². The second-order valence-electron chi connectivity index (χ2n) is 4.73. The van der Waals surface area contributed by atoms with Crippen molar-refractivity contribution in [3.63, 3.8) is 0 Å². The van der Waals surface area contributed by atoms with Crippen molar-refractivity contribution in [2.75, 3.05) is 6.54 Å². The van der Waals surface area contributed by atoms with Gasteiger partial charge in [0.1, 0.15) is 6.04 Å². The summed E-state index contributed by atoms with van der Waals surface area (Å²) in [5.74, 6) is -1.03. The molecular formula is C15H18N2O3. The minimum Gasteiger partial charge on any atom is -0.478 e. The maximum Gasteiger partial charge on any atom is 0.336 e. The highest BCUT2D eigenvalue weighted by Crippen LogP contribution is 2.23. The number of amides is 1. The maximum atomic E-state index is 12.0. The minimum atomic E-state index is -0.962. The molecule has 0 aliphatic carbocycles. The van der Waals surface area contributed by atoms with Crippen LogP contribution in [0.5, 0.6) is 0 Å². The molecule has 0 fully saturated rings. The lowest BCUT2D eigenvalue weighted by Crippen LogP contribution is -2.31. The van der Waals surface area contributed by atoms with Crippen molar-refractivity contribution < 1.29 is 14.7 Å². The average Bonchev–Trinajstić information content (AvgIpc) is 2.87. The third kappa shape index (κ3) is 2.52. The molecule has 2 aromatic rings. The number of benzene rings is 1. The van der Waals surface area contributed by atoms with E-state index in [1.807, 2.05) is 13.0 Å². The van der Waals surface area contributed by atoms with Gasteiger partial charge in [-0.3, -0.25) is 4.79 Å². The van der Waals surface area contributed by atoms with Crippen LogP contribution < -0.4 is 5.32 Å². The number of fused-ring (bicyclic) bond motifs is 1. The lowest BCUT2D eigenvalue weighted by atomic mass is 10.1. The second kappa shape index (κ2) is 5.77. The van der Waals surface area contributed by atoms with Gasteiger partial charge in [0, 0.05) is 23.6 Å². The highest BCUT2D eigenvalue weighted by molar-refractivity contribution is 6.03. The standard InChI is InChI=1S/C15H18N2O3/c1-3-8-16-14(18)10(2)17-9-7-11-12(15(19)20)5-4-6-13(11)17/h4-7,9-10H,3,8H2,1-2H3,(H,16,18)(H,19,20). The Morgan fingerprint density at radius 1 is 1.35 bits per heavy atom. The van der Waals surface area contributed by atoms with E-state index in [0.29, 0.717) is 11.9 Å². The smallest absolute Gasteiger partial charge is 0.336 e. The fourth-order valence-electron chi connectivity index (χ4n) is 2.23. The number of nitrogens with one attached hydrogen (secondary N) is 1. The van der Waals surface area contributed by atoms with Gasteiger partial charge in [0.15, 0.2) is 0 Å². The van der Waals surface area contributed by atoms with Gasteiger partial charge in [-0.1, -0.05) is 13.0 Å². The van der Waals surface area contributed by atoms with E-state index in [2.05, 4.69) is 5.32 Å². The first-order valence-corrected chi connectivity index (χ1v) is 6.66. The molecule has 106 valence electrons. The predicted molar refractivity (Wildman–Crippen MR) is 76.9 cm³/mol. The number of aromatic carboxylic acids is 1. The van der Waals surface area contributed by atoms with Gasteiger partial charge in [0.05, 0.1) is 5.56 Å². The molecule has 20 heavy (non-hydrogen) atoms. The van der Waals surface area contributed by atoms with Crippen molar-refractivity contribution >= 4 is 22.8 Å². The highest BCUT2D eigenvalue weighted by atomic mass is 16.4. The molecule has 0 aliphatic rings. The summed E-state index contributed by atoms with van der Waals surface area (Å²) in [6.07, 6.45) is 2.64. The van der Waals surface area contributed by atoms with Crippen LogP contribution in [-0.4, -0.2) is 28.1 Å². The summed E-state index contributed by atoms with van der Waals surface area (Å²) in [5, 5.41) is 12.7. The summed E-state index contributed by atoms with van der Waals surface area (Å²) < 4.78 is 1.80. The van der Waals surface area contributed by atoms with E-state index in [4.69, 9.17) is 5.11 Å². The Bertz CT molecular complexity index is 646. The van der Waals surface area contributed by atoms with Crippen LogP contribution >= 0.6 is 0 Å². The first-order valence-electron chi connectivity index (χ1n) is 6.66. The SMILES string of the molecule is CCCNC(=O)C(C)n1ccc2c(C(=O)O)cccc21. The third-order valence-electron chi connectivity index (χ3n) is 3.34. The zero-order chi connectivity index (χ0) is 14.7. The summed E-state index contributed by atoms with van der Waals surface area (Å²) in [6, 6.07) is 6.45. The Morgan fingerprint density at radius 3 is 2.75 bits per heavy atom. The highest BCUT2D eigenvalue weighted by Gasteiger charge is 2.18. The van der Waals surface area contributed by atoms with Crippen LogP contribution in [0.15, 0.2) is 30.5 Å². The van der Waals surface area contributed by atoms with Crippen LogP contribution in [0.25, 0.3) is 10.9 Å². The maximum absolute atomic E-state index is 12.0. The fraction of sp³-hybridized carbons (Fsp3) is 0.333. The van der Waals surface area contributed by atoms with E-state index < -0.39 is 5.97 Å². The third-order valence-corrected chi connectivity index (χ3v) is 3.34. The number of hydrogen-bond donors (Lipinski definition) is 2. The Labute approximate surface area is 117 Å². The summed E-state index contributed by atoms with van der Waals surface area (Å²) in [5.41, 5.74) is 1.01. The summed E-state index contributed by atoms with van der Waals surface area (Å²) in [6.45, 7) is 4.44. The molecular weight excluding hydrogens is 256 g/mol. The van der Waals surface area contributed by atoms with Crippen LogP contribution in [0, 0.1) is 0 Å². The van der Waals surface area contributed by atoms with Gasteiger partial charge in [0.25, 0.3) is 0 Å². The molecule has 5 heteroatoms. The summed E-state index contributed by atoms with van der Waals surface area (Å²) in [4.78, 5) is 23.2. The number of carboxylic acid groups (broad SMARTS) is 1. The van der Waals surface area contributed by atoms with Crippen molar-refractivity contribution in [2.45, 2.75) is 26.3 Å². The largest absolute Gasteiger partial charge is 0.478 e. The number of rotatable bonds is 5. The number of nitrogens with zero attached hydrogens (tertiary/aromatic N) is 1. The molecule has 0 aliphatic heterocycles. The molecule has 5 nitrogen and oxygen atoms in total. The van der Waals surface area contributed by atoms with Crippen LogP contribution in [0.1, 0.15) is 36.7 Å². The Kier molecular flexibility index (Phi) is 4.08. The van der Waals surface area contributed by atoms with Gasteiger partial charge in [0.2, 0.25) is 5.91 Å². The molecule has 1 aromatic heterocycles. The van der Waals surface area contributed by atoms with Crippen LogP contribution in [0.2, 0.25) is 0 Å². The Morgan fingerprint density at radius 2 is 2.10 bits per heavy atom. The number of carboxylic acids is 1. The van der Waals surface area contributed by atoms with E-state index in [9.17, 15) is 9.59 Å². The molecule has 1 atom stereocenters. The van der Waals surface area contributed by atoms with E-state index in [1.165, 1.54) is 0 Å². The lowest BCUT2D eigenvalue weighted by Gasteiger charge is -2.15. The van der Waals surface area contributed by atoms with Crippen LogP contribution in [0.3, 0.4) is 0 Å². The van der Waals surface area contributed by atoms with Crippen molar-refractivity contribution in [1.29, 1.82) is 0 Å². The van der Waals surface area contributed by atoms with Crippen molar-refractivity contribution in [3.05, 3.63) is 36.0 Å². The first-order chi connectivity index (χ1) is 9.56. The Balaban J connectivity index is 2.39. The zero-order valence-electron chi connectivity index (χ0n) is 11.6. The molecule has 2 rings (SSSR count). The van der Waals surface area contributed by atoms with Gasteiger partial charge in [-0.05, 0) is 31.5 Å². The van der Waals surface area contributed by atoms with Crippen LogP contribution in [0.4, 0.5) is 0 Å². The molecule has 0 saturated carbocycles. The van der Waals surface area contributed by atoms with Crippen molar-refractivity contribution in [3.8, 4) is 0 Å². The zero-order valence-corrected chi connectivity index (χ0v) is 11.6. The molecule has 1 amide bonds. The van der Waals surface area contributed by atoms with Crippen LogP contribution in [-0.2, 0) is 4.79 Å². The minimum absolute atomic E-state index is 0.0647. The van der Waals surface area contributed by atoms with Gasteiger partial charge in [-0.15, -0.1) is 0 Å². The molecule has 0 spiro atoms. The quantitative estimate of drug-likeness (QED) is 0.879. The van der Waals surface area contributed by atoms with Gasteiger partial charge < -0.3 is 15.0 Å². The van der Waals surface area contributed by atoms with Gasteiger partial charge in [-0.2, -0.15) is 0 Å². The molecule has 0 saturated heterocycles. The number of aromatic nitrogens is 1. The monoisotopic (exact) mass is 274 g/mol. The molecule has 0 radical (unpaired) electrons. The number of hydrogen-bond acceptors (Lipinski definition) is 2. The summed E-state index contributed by atoms with van der Waals surface area (Å²) in [7, 11) is 0. The van der Waals surface area contributed by atoms with E-state index in [1.54, 1.807) is 35.9 Å². The van der Waals surface area contributed by atoms with Crippen molar-refractivity contribution in [1.82, 2.24) is 9.88 Å². The van der Waals surface area contributed by atoms with E-state index in [-0.39, 0.29) is 17.5 Å². The van der Waals surface area contributed by atoms with Gasteiger partial charge >= 0.3 is 5.97 Å². The normalized spacial score (nSPS) is 12.3. The second-order valence-corrected chi connectivity index (χ2v) is 4.73. The number of carbonyl (C=O) groups excluding carboxylic acids is 1. The summed E-state index contributed by atoms with van der Waals surface area (Å²) >= 11 is 0. The molecule has 1 aromatic carbocycles. The molecule has 1 unspecified atom stereocenters. The molecule has 1 heterocycles.